The monoisotopic (exact) mass is 552 g/mol. The van der Waals surface area contributed by atoms with Crippen LogP contribution in [0.1, 0.15) is 40.5 Å². The molecule has 0 bridgehead atoms. The number of carbonyl (C=O) groups excluding carboxylic acids is 1. The zero-order valence-corrected chi connectivity index (χ0v) is 23.0. The average Bonchev–Trinajstić information content (AvgIpc) is 3.20. The van der Waals surface area contributed by atoms with Gasteiger partial charge in [-0.05, 0) is 20.8 Å². The quantitative estimate of drug-likeness (QED) is 0.503. The number of likely N-dealkylation sites (N-methyl/N-ethyl adjacent to an activating group) is 1. The molecule has 0 saturated carbocycles. The standard InChI is InChI=1S/C25H34ClFN6O5/c1-15-13-35-18(12-32(5)23-28-10-16(26)11-29-23)20(15)37-22-19(27)21(30-14-31-22)36-17-6-8-33(9-7-17)24(34)38-25(2,3)4/h10-11,14-15,17-18,20H,6-9,12-13H2,1-5H3/t15?,18?,20-/m0/s1. The van der Waals surface area contributed by atoms with Gasteiger partial charge < -0.3 is 28.7 Å². The van der Waals surface area contributed by atoms with E-state index in [9.17, 15) is 4.79 Å². The second-order valence-electron chi connectivity index (χ2n) is 10.6. The normalized spacial score (nSPS) is 22.3. The molecule has 208 valence electrons. The molecule has 11 nitrogen and oxygen atoms in total. The number of amides is 1. The van der Waals surface area contributed by atoms with Crippen LogP contribution in [0.5, 0.6) is 11.8 Å². The molecule has 2 unspecified atom stereocenters. The highest BCUT2D eigenvalue weighted by Gasteiger charge is 2.39. The van der Waals surface area contributed by atoms with Crippen LogP contribution in [-0.4, -0.2) is 88.1 Å². The van der Waals surface area contributed by atoms with Crippen molar-refractivity contribution in [3.8, 4) is 11.8 Å². The highest BCUT2D eigenvalue weighted by atomic mass is 35.5. The summed E-state index contributed by atoms with van der Waals surface area (Å²) in [5.41, 5.74) is -0.565. The minimum atomic E-state index is -0.769. The van der Waals surface area contributed by atoms with Crippen LogP contribution in [0.25, 0.3) is 0 Å². The molecule has 0 aromatic carbocycles. The van der Waals surface area contributed by atoms with Gasteiger partial charge in [-0.1, -0.05) is 18.5 Å². The van der Waals surface area contributed by atoms with Gasteiger partial charge in [0.2, 0.25) is 11.8 Å². The van der Waals surface area contributed by atoms with Crippen molar-refractivity contribution in [2.75, 3.05) is 38.2 Å². The smallest absolute Gasteiger partial charge is 0.410 e. The van der Waals surface area contributed by atoms with Crippen molar-refractivity contribution in [1.82, 2.24) is 24.8 Å². The third-order valence-corrected chi connectivity index (χ3v) is 6.44. The van der Waals surface area contributed by atoms with E-state index in [4.69, 9.17) is 30.5 Å². The van der Waals surface area contributed by atoms with E-state index in [1.807, 2.05) is 39.6 Å². The van der Waals surface area contributed by atoms with Gasteiger partial charge >= 0.3 is 6.09 Å². The Morgan fingerprint density at radius 3 is 2.42 bits per heavy atom. The lowest BCUT2D eigenvalue weighted by atomic mass is 10.0. The molecule has 2 saturated heterocycles. The average molecular weight is 553 g/mol. The number of hydrogen-bond acceptors (Lipinski definition) is 10. The van der Waals surface area contributed by atoms with Gasteiger partial charge in [0.1, 0.15) is 30.2 Å². The zero-order valence-electron chi connectivity index (χ0n) is 22.3. The molecule has 13 heteroatoms. The van der Waals surface area contributed by atoms with Gasteiger partial charge in [0.05, 0.1) is 30.6 Å². The number of anilines is 1. The zero-order chi connectivity index (χ0) is 27.4. The highest BCUT2D eigenvalue weighted by Crippen LogP contribution is 2.30. The van der Waals surface area contributed by atoms with E-state index in [1.165, 1.54) is 18.7 Å². The van der Waals surface area contributed by atoms with Gasteiger partial charge in [-0.3, -0.25) is 0 Å². The van der Waals surface area contributed by atoms with Gasteiger partial charge in [-0.2, -0.15) is 14.4 Å². The van der Waals surface area contributed by atoms with Crippen LogP contribution in [0, 0.1) is 11.7 Å². The van der Waals surface area contributed by atoms with Crippen molar-refractivity contribution >= 4 is 23.6 Å². The topological polar surface area (TPSA) is 112 Å². The molecule has 2 fully saturated rings. The minimum Gasteiger partial charge on any atom is -0.472 e. The highest BCUT2D eigenvalue weighted by molar-refractivity contribution is 6.30. The van der Waals surface area contributed by atoms with E-state index in [-0.39, 0.29) is 36.0 Å². The van der Waals surface area contributed by atoms with Gasteiger partial charge in [0.15, 0.2) is 0 Å². The summed E-state index contributed by atoms with van der Waals surface area (Å²) in [6.07, 6.45) is 3.80. The fourth-order valence-electron chi connectivity index (χ4n) is 4.31. The molecule has 0 N–H and O–H groups in total. The second kappa shape index (κ2) is 11.8. The number of rotatable bonds is 7. The van der Waals surface area contributed by atoms with Crippen molar-refractivity contribution in [3.05, 3.63) is 29.6 Å². The van der Waals surface area contributed by atoms with Crippen molar-refractivity contribution in [2.24, 2.45) is 5.92 Å². The Bertz CT molecular complexity index is 1100. The molecule has 38 heavy (non-hydrogen) atoms. The molecule has 2 aromatic rings. The Morgan fingerprint density at radius 1 is 1.16 bits per heavy atom. The SMILES string of the molecule is CC1COC(CN(C)c2ncc(Cl)cn2)[C@H]1Oc1ncnc(OC2CCN(C(=O)OC(C)(C)C)CC2)c1F. The van der Waals surface area contributed by atoms with E-state index < -0.39 is 17.5 Å². The van der Waals surface area contributed by atoms with Crippen LogP contribution in [0.3, 0.4) is 0 Å². The summed E-state index contributed by atoms with van der Waals surface area (Å²) in [7, 11) is 1.83. The molecular formula is C25H34ClFN6O5. The van der Waals surface area contributed by atoms with E-state index >= 15 is 4.39 Å². The van der Waals surface area contributed by atoms with Crippen molar-refractivity contribution in [3.63, 3.8) is 0 Å². The minimum absolute atomic E-state index is 0.00421. The Kier molecular flexibility index (Phi) is 8.71. The lowest BCUT2D eigenvalue weighted by Crippen LogP contribution is -2.44. The number of likely N-dealkylation sites (tertiary alicyclic amines) is 1. The summed E-state index contributed by atoms with van der Waals surface area (Å²) < 4.78 is 38.6. The summed E-state index contributed by atoms with van der Waals surface area (Å²) in [4.78, 5) is 32.2. The fraction of sp³-hybridized carbons (Fsp3) is 0.640. The molecule has 0 radical (unpaired) electrons. The maximum absolute atomic E-state index is 15.3. The Labute approximate surface area is 226 Å². The Balaban J connectivity index is 1.36. The summed E-state index contributed by atoms with van der Waals surface area (Å²) in [6.45, 7) is 9.21. The largest absolute Gasteiger partial charge is 0.472 e. The van der Waals surface area contributed by atoms with Crippen molar-refractivity contribution < 1.29 is 28.1 Å². The molecule has 2 aromatic heterocycles. The lowest BCUT2D eigenvalue weighted by Gasteiger charge is -2.33. The number of piperidine rings is 1. The van der Waals surface area contributed by atoms with Crippen LogP contribution in [0.2, 0.25) is 5.02 Å². The summed E-state index contributed by atoms with van der Waals surface area (Å²) >= 11 is 5.88. The van der Waals surface area contributed by atoms with Gasteiger partial charge in [0.25, 0.3) is 11.8 Å². The Morgan fingerprint density at radius 2 is 1.79 bits per heavy atom. The molecule has 4 rings (SSSR count). The predicted octanol–water partition coefficient (Wildman–Crippen LogP) is 3.76. The van der Waals surface area contributed by atoms with Gasteiger partial charge in [0, 0.05) is 38.9 Å². The molecule has 2 aliphatic rings. The number of ether oxygens (including phenoxy) is 4. The fourth-order valence-corrected chi connectivity index (χ4v) is 4.40. The number of nitrogens with zero attached hydrogens (tertiary/aromatic N) is 6. The van der Waals surface area contributed by atoms with E-state index in [2.05, 4.69) is 19.9 Å². The third kappa shape index (κ3) is 7.10. The number of halogens is 2. The predicted molar refractivity (Wildman–Crippen MR) is 137 cm³/mol. The lowest BCUT2D eigenvalue weighted by molar-refractivity contribution is 0.0117. The number of carbonyl (C=O) groups is 1. The second-order valence-corrected chi connectivity index (χ2v) is 11.0. The van der Waals surface area contributed by atoms with Crippen LogP contribution < -0.4 is 14.4 Å². The molecule has 1 amide bonds. The van der Waals surface area contributed by atoms with Crippen molar-refractivity contribution in [2.45, 2.75) is 64.4 Å². The van der Waals surface area contributed by atoms with Crippen LogP contribution in [0.15, 0.2) is 18.7 Å². The van der Waals surface area contributed by atoms with Crippen LogP contribution in [-0.2, 0) is 9.47 Å². The first kappa shape index (κ1) is 28.0. The first-order valence-corrected chi connectivity index (χ1v) is 13.0. The molecule has 4 heterocycles. The van der Waals surface area contributed by atoms with Gasteiger partial charge in [-0.25, -0.2) is 14.8 Å². The first-order chi connectivity index (χ1) is 18.0. The Hall–Kier alpha value is -2.99. The van der Waals surface area contributed by atoms with E-state index in [1.54, 1.807) is 4.90 Å². The third-order valence-electron chi connectivity index (χ3n) is 6.25. The summed E-state index contributed by atoms with van der Waals surface area (Å²) in [5.74, 6) is -0.665. The van der Waals surface area contributed by atoms with Crippen LogP contribution >= 0.6 is 11.6 Å². The molecule has 0 aliphatic carbocycles. The number of aromatic nitrogens is 4. The maximum Gasteiger partial charge on any atom is 0.410 e. The summed E-state index contributed by atoms with van der Waals surface area (Å²) in [6, 6.07) is 0. The maximum atomic E-state index is 15.3. The molecule has 3 atom stereocenters. The molecular weight excluding hydrogens is 519 g/mol. The van der Waals surface area contributed by atoms with E-state index in [0.29, 0.717) is 50.1 Å². The van der Waals surface area contributed by atoms with E-state index in [0.717, 1.165) is 0 Å². The van der Waals surface area contributed by atoms with Crippen LogP contribution in [0.4, 0.5) is 15.1 Å². The van der Waals surface area contributed by atoms with Crippen molar-refractivity contribution in [1.29, 1.82) is 0 Å². The number of hydrogen-bond donors (Lipinski definition) is 0. The first-order valence-electron chi connectivity index (χ1n) is 12.6. The summed E-state index contributed by atoms with van der Waals surface area (Å²) in [5, 5.41) is 0.444. The molecule has 2 aliphatic heterocycles. The van der Waals surface area contributed by atoms with Gasteiger partial charge in [-0.15, -0.1) is 0 Å². The molecule has 0 spiro atoms.